The van der Waals surface area contributed by atoms with Gasteiger partial charge in [0.05, 0.1) is 31.7 Å². The number of fused-ring (bicyclic) bond motifs is 1. The first-order valence-corrected chi connectivity index (χ1v) is 10.1. The second-order valence-electron chi connectivity index (χ2n) is 7.26. The largest absolute Gasteiger partial charge is 0.495 e. The molecule has 1 saturated heterocycles. The Balaban J connectivity index is 1.66. The van der Waals surface area contributed by atoms with Crippen LogP contribution in [0.3, 0.4) is 0 Å². The molecule has 7 nitrogen and oxygen atoms in total. The van der Waals surface area contributed by atoms with Crippen LogP contribution in [-0.4, -0.2) is 59.4 Å². The second kappa shape index (κ2) is 8.72. The summed E-state index contributed by atoms with van der Waals surface area (Å²) in [5.41, 5.74) is 2.16. The van der Waals surface area contributed by atoms with Crippen LogP contribution >= 0.6 is 0 Å². The molecule has 2 aromatic heterocycles. The summed E-state index contributed by atoms with van der Waals surface area (Å²) in [5, 5.41) is 4.02. The first-order chi connectivity index (χ1) is 14.9. The predicted octanol–water partition coefficient (Wildman–Crippen LogP) is 4.21. The van der Waals surface area contributed by atoms with Crippen molar-refractivity contribution in [2.75, 3.05) is 38.7 Å². The maximum atomic E-state index is 13.9. The highest BCUT2D eigenvalue weighted by molar-refractivity contribution is 5.80. The van der Waals surface area contributed by atoms with Gasteiger partial charge >= 0.3 is 6.18 Å². The molecule has 0 bridgehead atoms. The lowest BCUT2D eigenvalue weighted by Gasteiger charge is -2.36. The van der Waals surface area contributed by atoms with Gasteiger partial charge in [-0.1, -0.05) is 13.0 Å². The number of aromatic nitrogens is 3. The quantitative estimate of drug-likeness (QED) is 0.604. The molecule has 1 aliphatic heterocycles. The zero-order chi connectivity index (χ0) is 22.0. The van der Waals surface area contributed by atoms with E-state index in [1.807, 2.05) is 13.0 Å². The lowest BCUT2D eigenvalue weighted by molar-refractivity contribution is -0.194. The van der Waals surface area contributed by atoms with Crippen LogP contribution < -0.4 is 10.1 Å². The van der Waals surface area contributed by atoms with Crippen molar-refractivity contribution in [2.45, 2.75) is 25.6 Å². The smallest absolute Gasteiger partial charge is 0.408 e. The molecule has 1 unspecified atom stereocenters. The highest BCUT2D eigenvalue weighted by atomic mass is 19.4. The number of benzene rings is 1. The molecule has 2 N–H and O–H groups in total. The number of anilines is 2. The number of halogens is 3. The molecule has 0 saturated carbocycles. The van der Waals surface area contributed by atoms with Gasteiger partial charge in [0, 0.05) is 24.7 Å². The normalized spacial score (nSPS) is 16.4. The number of hydrogen-bond donors (Lipinski definition) is 2. The number of methoxy groups -OCH3 is 1. The fraction of sp³-hybridized carbons (Fsp3) is 0.429. The average Bonchev–Trinajstić information content (AvgIpc) is 3.22. The molecule has 3 heterocycles. The van der Waals surface area contributed by atoms with Crippen molar-refractivity contribution >= 4 is 22.7 Å². The zero-order valence-corrected chi connectivity index (χ0v) is 17.3. The van der Waals surface area contributed by atoms with E-state index in [9.17, 15) is 13.2 Å². The number of rotatable bonds is 6. The highest BCUT2D eigenvalue weighted by Gasteiger charge is 2.45. The summed E-state index contributed by atoms with van der Waals surface area (Å²) in [6, 6.07) is 4.64. The van der Waals surface area contributed by atoms with E-state index in [2.05, 4.69) is 20.3 Å². The van der Waals surface area contributed by atoms with E-state index in [1.54, 1.807) is 12.3 Å². The fourth-order valence-electron chi connectivity index (χ4n) is 3.87. The van der Waals surface area contributed by atoms with E-state index in [0.29, 0.717) is 23.7 Å². The van der Waals surface area contributed by atoms with Crippen molar-refractivity contribution < 1.29 is 22.6 Å². The summed E-state index contributed by atoms with van der Waals surface area (Å²) in [7, 11) is 1.42. The van der Waals surface area contributed by atoms with Crippen LogP contribution in [0.25, 0.3) is 11.0 Å². The monoisotopic (exact) mass is 435 g/mol. The predicted molar refractivity (Wildman–Crippen MR) is 111 cm³/mol. The standard InChI is InChI=1S/C21H24F3N5O2/c1-3-15-14-6-7-25-19(14)28-20(26-15)27-16-5-4-13(12-17(16)30-2)18(21(22,23)24)29-8-10-31-11-9-29/h4-7,12,18H,3,8-11H2,1-2H3,(H2,25,26,27,28). The first kappa shape index (κ1) is 21.4. The molecule has 1 aromatic carbocycles. The van der Waals surface area contributed by atoms with E-state index in [-0.39, 0.29) is 37.6 Å². The van der Waals surface area contributed by atoms with Crippen molar-refractivity contribution in [3.05, 3.63) is 41.7 Å². The van der Waals surface area contributed by atoms with Gasteiger partial charge in [0.1, 0.15) is 17.4 Å². The molecule has 10 heteroatoms. The van der Waals surface area contributed by atoms with Crippen molar-refractivity contribution in [2.24, 2.45) is 0 Å². The Bertz CT molecular complexity index is 1050. The molecule has 1 aliphatic rings. The Hall–Kier alpha value is -2.85. The first-order valence-electron chi connectivity index (χ1n) is 10.1. The zero-order valence-electron chi connectivity index (χ0n) is 17.3. The van der Waals surface area contributed by atoms with Crippen LogP contribution in [0.15, 0.2) is 30.5 Å². The van der Waals surface area contributed by atoms with Crippen molar-refractivity contribution in [1.29, 1.82) is 0 Å². The lowest BCUT2D eigenvalue weighted by atomic mass is 10.0. The molecule has 166 valence electrons. The van der Waals surface area contributed by atoms with Crippen LogP contribution in [0.2, 0.25) is 0 Å². The fourth-order valence-corrected chi connectivity index (χ4v) is 3.87. The molecular weight excluding hydrogens is 411 g/mol. The summed E-state index contributed by atoms with van der Waals surface area (Å²) in [6.45, 7) is 2.99. The third kappa shape index (κ3) is 4.45. The Labute approximate surface area is 177 Å². The third-order valence-corrected chi connectivity index (χ3v) is 5.34. The topological polar surface area (TPSA) is 75.3 Å². The van der Waals surface area contributed by atoms with Crippen molar-refractivity contribution in [3.63, 3.8) is 0 Å². The molecule has 1 fully saturated rings. The number of alkyl halides is 3. The molecule has 31 heavy (non-hydrogen) atoms. The van der Waals surface area contributed by atoms with Crippen LogP contribution in [0.4, 0.5) is 24.8 Å². The summed E-state index contributed by atoms with van der Waals surface area (Å²) in [5.74, 6) is 0.631. The Kier molecular flexibility index (Phi) is 6.01. The van der Waals surface area contributed by atoms with Gasteiger partial charge in [-0.15, -0.1) is 0 Å². The van der Waals surface area contributed by atoms with E-state index in [4.69, 9.17) is 9.47 Å². The summed E-state index contributed by atoms with van der Waals surface area (Å²) in [4.78, 5) is 13.4. The van der Waals surface area contributed by atoms with E-state index in [1.165, 1.54) is 24.1 Å². The van der Waals surface area contributed by atoms with Gasteiger partial charge in [-0.3, -0.25) is 4.90 Å². The van der Waals surface area contributed by atoms with Crippen molar-refractivity contribution in [1.82, 2.24) is 19.9 Å². The van der Waals surface area contributed by atoms with Crippen LogP contribution in [0.1, 0.15) is 24.2 Å². The van der Waals surface area contributed by atoms with E-state index >= 15 is 0 Å². The molecule has 1 atom stereocenters. The number of nitrogens with one attached hydrogen (secondary N) is 2. The number of morpholine rings is 1. The van der Waals surface area contributed by atoms with Crippen LogP contribution in [0, 0.1) is 0 Å². The van der Waals surface area contributed by atoms with Gasteiger partial charge in [-0.2, -0.15) is 18.2 Å². The maximum Gasteiger partial charge on any atom is 0.408 e. The third-order valence-electron chi connectivity index (χ3n) is 5.34. The number of aromatic amines is 1. The lowest BCUT2D eigenvalue weighted by Crippen LogP contribution is -2.44. The molecule has 0 amide bonds. The van der Waals surface area contributed by atoms with Crippen LogP contribution in [0.5, 0.6) is 5.75 Å². The number of H-pyrrole nitrogens is 1. The molecule has 0 radical (unpaired) electrons. The molecular formula is C21H24F3N5O2. The Morgan fingerprint density at radius 1 is 1.23 bits per heavy atom. The number of hydrogen-bond acceptors (Lipinski definition) is 6. The summed E-state index contributed by atoms with van der Waals surface area (Å²) in [6.07, 6.45) is -1.91. The number of aryl methyl sites for hydroxylation is 1. The van der Waals surface area contributed by atoms with Gasteiger partial charge < -0.3 is 19.8 Å². The van der Waals surface area contributed by atoms with Gasteiger partial charge in [0.25, 0.3) is 0 Å². The average molecular weight is 435 g/mol. The van der Waals surface area contributed by atoms with Crippen molar-refractivity contribution in [3.8, 4) is 5.75 Å². The minimum Gasteiger partial charge on any atom is -0.495 e. The Morgan fingerprint density at radius 2 is 2.00 bits per heavy atom. The highest BCUT2D eigenvalue weighted by Crippen LogP contribution is 2.41. The maximum absolute atomic E-state index is 13.9. The van der Waals surface area contributed by atoms with Gasteiger partial charge in [0.15, 0.2) is 0 Å². The SMILES string of the molecule is CCc1nc(Nc2ccc(C(N3CCOCC3)C(F)(F)F)cc2OC)nc2[nH]ccc12. The molecule has 0 aliphatic carbocycles. The Morgan fingerprint density at radius 3 is 2.68 bits per heavy atom. The molecule has 4 rings (SSSR count). The second-order valence-corrected chi connectivity index (χ2v) is 7.26. The molecule has 0 spiro atoms. The van der Waals surface area contributed by atoms with E-state index in [0.717, 1.165) is 11.1 Å². The van der Waals surface area contributed by atoms with Gasteiger partial charge in [-0.05, 0) is 30.2 Å². The number of ether oxygens (including phenoxy) is 2. The minimum absolute atomic E-state index is 0.117. The van der Waals surface area contributed by atoms with E-state index < -0.39 is 12.2 Å². The van der Waals surface area contributed by atoms with Gasteiger partial charge in [0.2, 0.25) is 5.95 Å². The van der Waals surface area contributed by atoms with Gasteiger partial charge in [-0.25, -0.2) is 4.98 Å². The number of nitrogens with zero attached hydrogens (tertiary/aromatic N) is 3. The minimum atomic E-state index is -4.42. The summed E-state index contributed by atoms with van der Waals surface area (Å²) < 4.78 is 52.3. The van der Waals surface area contributed by atoms with Crippen LogP contribution in [-0.2, 0) is 11.2 Å². The summed E-state index contributed by atoms with van der Waals surface area (Å²) >= 11 is 0. The molecule has 3 aromatic rings.